The molecule has 0 amide bonds. The molecule has 0 atom stereocenters. The van der Waals surface area contributed by atoms with Crippen LogP contribution in [0.1, 0.15) is 21.7 Å². The van der Waals surface area contributed by atoms with E-state index in [1.54, 1.807) is 29.9 Å². The summed E-state index contributed by atoms with van der Waals surface area (Å²) in [4.78, 5) is 28.5. The summed E-state index contributed by atoms with van der Waals surface area (Å²) in [7, 11) is 1.57. The van der Waals surface area contributed by atoms with Gasteiger partial charge in [-0.1, -0.05) is 42.5 Å². The van der Waals surface area contributed by atoms with E-state index >= 15 is 0 Å². The maximum absolute atomic E-state index is 12.5. The van der Waals surface area contributed by atoms with E-state index in [2.05, 4.69) is 15.2 Å². The molecule has 4 rings (SSSR count). The Morgan fingerprint density at radius 3 is 2.59 bits per heavy atom. The molecule has 2 N–H and O–H groups in total. The van der Waals surface area contributed by atoms with Gasteiger partial charge >= 0.3 is 5.97 Å². The van der Waals surface area contributed by atoms with Crippen LogP contribution in [-0.4, -0.2) is 51.1 Å². The van der Waals surface area contributed by atoms with E-state index in [1.807, 2.05) is 37.3 Å². The molecular formula is C23H22N4O5. The number of aryl methyl sites for hydroxylation is 1. The fraction of sp³-hybridized carbons (Fsp3) is 0.217. The van der Waals surface area contributed by atoms with Gasteiger partial charge in [-0.25, -0.2) is 14.9 Å². The highest BCUT2D eigenvalue weighted by molar-refractivity contribution is 5.96. The van der Waals surface area contributed by atoms with E-state index in [1.165, 1.54) is 0 Å². The lowest BCUT2D eigenvalue weighted by Crippen LogP contribution is -2.15. The number of hydrogen-bond donors (Lipinski definition) is 2. The second kappa shape index (κ2) is 9.03. The Morgan fingerprint density at radius 1 is 1.12 bits per heavy atom. The molecule has 32 heavy (non-hydrogen) atoms. The molecule has 9 nitrogen and oxygen atoms in total. The van der Waals surface area contributed by atoms with Crippen LogP contribution in [0.3, 0.4) is 0 Å². The summed E-state index contributed by atoms with van der Waals surface area (Å²) in [6, 6.07) is 14.4. The Balaban J connectivity index is 1.66. The van der Waals surface area contributed by atoms with Gasteiger partial charge < -0.3 is 19.1 Å². The highest BCUT2D eigenvalue weighted by Gasteiger charge is 2.17. The first-order valence-electron chi connectivity index (χ1n) is 9.98. The molecule has 0 aliphatic carbocycles. The van der Waals surface area contributed by atoms with Gasteiger partial charge in [0.2, 0.25) is 0 Å². The number of nitrogens with one attached hydrogen (secondary N) is 1. The Hall–Kier alpha value is -3.98. The van der Waals surface area contributed by atoms with Crippen molar-refractivity contribution in [2.24, 2.45) is 0 Å². The number of carboxylic acid groups (broad SMARTS) is 1. The molecule has 164 valence electrons. The number of fused-ring (bicyclic) bond motifs is 1. The molecule has 0 aliphatic heterocycles. The summed E-state index contributed by atoms with van der Waals surface area (Å²) in [5, 5.41) is 15.9. The molecule has 0 radical (unpaired) electrons. The molecule has 0 aliphatic rings. The number of ether oxygens (including phenoxy) is 2. The molecule has 0 spiro atoms. The number of imidazole rings is 1. The first-order chi connectivity index (χ1) is 15.5. The van der Waals surface area contributed by atoms with Crippen LogP contribution >= 0.6 is 0 Å². The molecular weight excluding hydrogens is 412 g/mol. The number of hydrogen-bond acceptors (Lipinski definition) is 6. The predicted molar refractivity (Wildman–Crippen MR) is 118 cm³/mol. The average Bonchev–Trinajstić information content (AvgIpc) is 3.13. The highest BCUT2D eigenvalue weighted by Crippen LogP contribution is 2.25. The number of H-pyrrole nitrogens is 1. The van der Waals surface area contributed by atoms with Gasteiger partial charge in [-0.15, -0.1) is 5.10 Å². The molecule has 9 heteroatoms. The Bertz CT molecular complexity index is 1320. The maximum atomic E-state index is 12.5. The summed E-state index contributed by atoms with van der Waals surface area (Å²) < 4.78 is 12.4. The smallest absolute Gasteiger partial charge is 0.336 e. The van der Waals surface area contributed by atoms with Crippen molar-refractivity contribution in [3.05, 3.63) is 75.8 Å². The lowest BCUT2D eigenvalue weighted by molar-refractivity contribution is 0.0697. The number of benzene rings is 2. The molecule has 0 saturated heterocycles. The van der Waals surface area contributed by atoms with E-state index < -0.39 is 5.97 Å². The summed E-state index contributed by atoms with van der Waals surface area (Å²) in [5.74, 6) is -0.0731. The Kier molecular flexibility index (Phi) is 6.00. The van der Waals surface area contributed by atoms with Gasteiger partial charge in [0.25, 0.3) is 11.4 Å². The zero-order chi connectivity index (χ0) is 22.7. The fourth-order valence-electron chi connectivity index (χ4n) is 3.56. The second-order valence-electron chi connectivity index (χ2n) is 7.19. The van der Waals surface area contributed by atoms with Crippen molar-refractivity contribution < 1.29 is 19.4 Å². The summed E-state index contributed by atoms with van der Waals surface area (Å²) in [6.45, 7) is 2.90. The lowest BCUT2D eigenvalue weighted by atomic mass is 9.99. The van der Waals surface area contributed by atoms with E-state index in [-0.39, 0.29) is 23.6 Å². The monoisotopic (exact) mass is 434 g/mol. The molecule has 0 fully saturated rings. The van der Waals surface area contributed by atoms with E-state index in [4.69, 9.17) is 9.47 Å². The van der Waals surface area contributed by atoms with Crippen molar-refractivity contribution in [3.8, 4) is 17.0 Å². The van der Waals surface area contributed by atoms with Gasteiger partial charge in [0.1, 0.15) is 17.9 Å². The quantitative estimate of drug-likeness (QED) is 0.409. The largest absolute Gasteiger partial charge is 0.478 e. The van der Waals surface area contributed by atoms with Crippen molar-refractivity contribution in [1.82, 2.24) is 19.7 Å². The summed E-state index contributed by atoms with van der Waals surface area (Å²) >= 11 is 0. The zero-order valence-electron chi connectivity index (χ0n) is 17.7. The third-order valence-corrected chi connectivity index (χ3v) is 5.12. The number of carboxylic acids is 1. The normalized spacial score (nSPS) is 11.1. The number of methoxy groups -OCH3 is 1. The van der Waals surface area contributed by atoms with E-state index in [9.17, 15) is 14.7 Å². The minimum absolute atomic E-state index is 0.247. The number of aromatic nitrogens is 4. The number of carbonyl (C=O) groups is 1. The van der Waals surface area contributed by atoms with Gasteiger partial charge in [0, 0.05) is 13.7 Å². The van der Waals surface area contributed by atoms with Crippen LogP contribution in [0, 0.1) is 6.92 Å². The van der Waals surface area contributed by atoms with Gasteiger partial charge in [-0.2, -0.15) is 0 Å². The Labute approximate surface area is 183 Å². The van der Waals surface area contributed by atoms with E-state index in [0.717, 1.165) is 11.1 Å². The van der Waals surface area contributed by atoms with Crippen LogP contribution in [0.25, 0.3) is 22.2 Å². The van der Waals surface area contributed by atoms with Crippen molar-refractivity contribution in [3.63, 3.8) is 0 Å². The molecule has 0 bridgehead atoms. The molecule has 0 saturated carbocycles. The van der Waals surface area contributed by atoms with Crippen molar-refractivity contribution in [2.45, 2.75) is 13.5 Å². The minimum Gasteiger partial charge on any atom is -0.478 e. The predicted octanol–water partition coefficient (Wildman–Crippen LogP) is 2.87. The number of aromatic amines is 1. The van der Waals surface area contributed by atoms with Crippen LogP contribution in [-0.2, 0) is 11.3 Å². The second-order valence-corrected chi connectivity index (χ2v) is 7.19. The fourth-order valence-corrected chi connectivity index (χ4v) is 3.56. The summed E-state index contributed by atoms with van der Waals surface area (Å²) in [5.41, 5.74) is 3.05. The SMILES string of the molecule is COCCOc1n[nH]c(=O)c2c1nc(C)n2Cc1ccc(-c2ccccc2C(=O)O)cc1. The topological polar surface area (TPSA) is 119 Å². The zero-order valence-corrected chi connectivity index (χ0v) is 17.7. The van der Waals surface area contributed by atoms with Crippen molar-refractivity contribution >= 4 is 17.0 Å². The van der Waals surface area contributed by atoms with Crippen LogP contribution in [0.2, 0.25) is 0 Å². The lowest BCUT2D eigenvalue weighted by Gasteiger charge is -2.10. The number of rotatable bonds is 8. The van der Waals surface area contributed by atoms with Crippen LogP contribution in [0.4, 0.5) is 0 Å². The van der Waals surface area contributed by atoms with Crippen molar-refractivity contribution in [1.29, 1.82) is 0 Å². The van der Waals surface area contributed by atoms with Crippen LogP contribution in [0.5, 0.6) is 5.88 Å². The van der Waals surface area contributed by atoms with Gasteiger partial charge in [-0.05, 0) is 29.7 Å². The third kappa shape index (κ3) is 4.10. The van der Waals surface area contributed by atoms with Gasteiger partial charge in [0.15, 0.2) is 5.52 Å². The van der Waals surface area contributed by atoms with Crippen LogP contribution < -0.4 is 10.3 Å². The molecule has 0 unspecified atom stereocenters. The third-order valence-electron chi connectivity index (χ3n) is 5.12. The van der Waals surface area contributed by atoms with Crippen molar-refractivity contribution in [2.75, 3.05) is 20.3 Å². The first kappa shape index (κ1) is 21.3. The average molecular weight is 434 g/mol. The minimum atomic E-state index is -0.971. The van der Waals surface area contributed by atoms with Crippen LogP contribution in [0.15, 0.2) is 53.3 Å². The van der Waals surface area contributed by atoms with Gasteiger partial charge in [0.05, 0.1) is 12.2 Å². The standard InChI is InChI=1S/C23H22N4O5/c1-14-24-19-20(21(28)25-26-22(19)32-12-11-31-2)27(14)13-15-7-9-16(10-8-15)17-5-3-4-6-18(17)23(29)30/h3-10H,11-13H2,1-2H3,(H,25,28)(H,29,30). The summed E-state index contributed by atoms with van der Waals surface area (Å²) in [6.07, 6.45) is 0. The number of aromatic carboxylic acids is 1. The van der Waals surface area contributed by atoms with E-state index in [0.29, 0.717) is 35.6 Å². The molecule has 2 aromatic carbocycles. The Morgan fingerprint density at radius 2 is 1.88 bits per heavy atom. The maximum Gasteiger partial charge on any atom is 0.336 e. The number of nitrogens with zero attached hydrogens (tertiary/aromatic N) is 3. The van der Waals surface area contributed by atoms with Gasteiger partial charge in [-0.3, -0.25) is 4.79 Å². The first-order valence-corrected chi connectivity index (χ1v) is 9.98. The molecule has 4 aromatic rings. The molecule has 2 heterocycles. The molecule has 2 aromatic heterocycles. The highest BCUT2D eigenvalue weighted by atomic mass is 16.5.